The Labute approximate surface area is 137 Å². The van der Waals surface area contributed by atoms with E-state index in [1.807, 2.05) is 23.6 Å². The van der Waals surface area contributed by atoms with E-state index in [9.17, 15) is 4.79 Å². The van der Waals surface area contributed by atoms with Gasteiger partial charge in [0.25, 0.3) is 5.56 Å². The summed E-state index contributed by atoms with van der Waals surface area (Å²) in [5, 5.41) is 1.03. The molecule has 1 aliphatic carbocycles. The van der Waals surface area contributed by atoms with Crippen LogP contribution in [0.2, 0.25) is 5.02 Å². The largest absolute Gasteiger partial charge is 0.292 e. The zero-order valence-electron chi connectivity index (χ0n) is 12.0. The predicted octanol–water partition coefficient (Wildman–Crippen LogP) is 5.01. The van der Waals surface area contributed by atoms with Crippen molar-refractivity contribution in [2.75, 3.05) is 0 Å². The van der Waals surface area contributed by atoms with Crippen LogP contribution < -0.4 is 5.56 Å². The number of rotatable bonds is 2. The number of halogens is 2. The van der Waals surface area contributed by atoms with Gasteiger partial charge in [0, 0.05) is 6.04 Å². The van der Waals surface area contributed by atoms with Crippen LogP contribution in [0.25, 0.3) is 10.9 Å². The highest BCUT2D eigenvalue weighted by Gasteiger charge is 2.23. The molecule has 1 saturated carbocycles. The summed E-state index contributed by atoms with van der Waals surface area (Å²) in [6, 6.07) is 5.70. The predicted molar refractivity (Wildman–Crippen MR) is 90.5 cm³/mol. The maximum absolute atomic E-state index is 13.0. The van der Waals surface area contributed by atoms with Gasteiger partial charge in [0.1, 0.15) is 5.82 Å². The number of aromatic nitrogens is 2. The zero-order valence-corrected chi connectivity index (χ0v) is 14.3. The Kier molecular flexibility index (Phi) is 4.36. The van der Waals surface area contributed by atoms with Crippen molar-refractivity contribution in [2.45, 2.75) is 49.9 Å². The maximum atomic E-state index is 13.0. The van der Waals surface area contributed by atoms with Crippen molar-refractivity contribution in [3.63, 3.8) is 0 Å². The van der Waals surface area contributed by atoms with Crippen molar-refractivity contribution >= 4 is 38.4 Å². The molecule has 1 fully saturated rings. The molecular weight excluding hydrogens is 352 g/mol. The highest BCUT2D eigenvalue weighted by molar-refractivity contribution is 9.09. The second-order valence-corrected chi connectivity index (χ2v) is 7.47. The maximum Gasteiger partial charge on any atom is 0.263 e. The zero-order chi connectivity index (χ0) is 15.0. The van der Waals surface area contributed by atoms with Gasteiger partial charge in [-0.15, -0.1) is 0 Å². The molecule has 0 bridgehead atoms. The Hall–Kier alpha value is -0.870. The van der Waals surface area contributed by atoms with Gasteiger partial charge in [-0.1, -0.05) is 52.9 Å². The molecular formula is C16H18BrClN2O. The molecule has 0 amide bonds. The lowest BCUT2D eigenvalue weighted by Gasteiger charge is -2.27. The van der Waals surface area contributed by atoms with Gasteiger partial charge >= 0.3 is 0 Å². The third-order valence-corrected chi connectivity index (χ3v) is 4.93. The first kappa shape index (κ1) is 15.0. The second kappa shape index (κ2) is 6.09. The highest BCUT2D eigenvalue weighted by Crippen LogP contribution is 2.32. The van der Waals surface area contributed by atoms with E-state index in [0.29, 0.717) is 15.9 Å². The standard InChI is InChI=1S/C16H18BrClN2O/c1-10(17)15-19-13-9-5-8-12(18)14(13)16(21)20(15)11-6-3-2-4-7-11/h5,8-11H,2-4,6-7H2,1H3. The quantitative estimate of drug-likeness (QED) is 0.697. The Morgan fingerprint density at radius 3 is 2.71 bits per heavy atom. The molecule has 5 heteroatoms. The van der Waals surface area contributed by atoms with Gasteiger partial charge < -0.3 is 0 Å². The number of benzene rings is 1. The fourth-order valence-corrected chi connectivity index (χ4v) is 3.77. The van der Waals surface area contributed by atoms with E-state index in [4.69, 9.17) is 16.6 Å². The summed E-state index contributed by atoms with van der Waals surface area (Å²) >= 11 is 9.82. The van der Waals surface area contributed by atoms with Crippen molar-refractivity contribution in [1.82, 2.24) is 9.55 Å². The van der Waals surface area contributed by atoms with Crippen molar-refractivity contribution in [2.24, 2.45) is 0 Å². The van der Waals surface area contributed by atoms with E-state index in [0.717, 1.165) is 18.7 Å². The number of alkyl halides is 1. The smallest absolute Gasteiger partial charge is 0.263 e. The molecule has 1 atom stereocenters. The van der Waals surface area contributed by atoms with Crippen LogP contribution in [0.3, 0.4) is 0 Å². The highest BCUT2D eigenvalue weighted by atomic mass is 79.9. The van der Waals surface area contributed by atoms with E-state index in [2.05, 4.69) is 15.9 Å². The first-order chi connectivity index (χ1) is 10.1. The van der Waals surface area contributed by atoms with E-state index in [1.165, 1.54) is 19.3 Å². The molecule has 3 rings (SSSR count). The third kappa shape index (κ3) is 2.76. The van der Waals surface area contributed by atoms with Crippen LogP contribution in [0.4, 0.5) is 0 Å². The van der Waals surface area contributed by atoms with Crippen molar-refractivity contribution in [3.05, 3.63) is 39.4 Å². The molecule has 21 heavy (non-hydrogen) atoms. The first-order valence-corrected chi connectivity index (χ1v) is 8.73. The van der Waals surface area contributed by atoms with Gasteiger partial charge in [0.2, 0.25) is 0 Å². The lowest BCUT2D eigenvalue weighted by Crippen LogP contribution is -2.31. The Bertz CT molecular complexity index is 720. The van der Waals surface area contributed by atoms with Crippen LogP contribution >= 0.6 is 27.5 Å². The molecule has 2 aromatic rings. The van der Waals surface area contributed by atoms with Crippen LogP contribution in [-0.4, -0.2) is 9.55 Å². The summed E-state index contributed by atoms with van der Waals surface area (Å²) in [5.74, 6) is 0.807. The lowest BCUT2D eigenvalue weighted by atomic mass is 9.95. The number of nitrogens with zero attached hydrogens (tertiary/aromatic N) is 2. The summed E-state index contributed by atoms with van der Waals surface area (Å²) in [4.78, 5) is 17.7. The summed E-state index contributed by atoms with van der Waals surface area (Å²) < 4.78 is 1.88. The van der Waals surface area contributed by atoms with Gasteiger partial charge in [-0.25, -0.2) is 4.98 Å². The minimum absolute atomic E-state index is 0.00111. The van der Waals surface area contributed by atoms with Crippen molar-refractivity contribution in [1.29, 1.82) is 0 Å². The van der Waals surface area contributed by atoms with Crippen molar-refractivity contribution < 1.29 is 0 Å². The number of fused-ring (bicyclic) bond motifs is 1. The monoisotopic (exact) mass is 368 g/mol. The SMILES string of the molecule is CC(Br)c1nc2cccc(Cl)c2c(=O)n1C1CCCCC1. The molecule has 0 saturated heterocycles. The molecule has 112 valence electrons. The molecule has 1 aromatic heterocycles. The van der Waals surface area contributed by atoms with E-state index >= 15 is 0 Å². The van der Waals surface area contributed by atoms with Gasteiger partial charge in [0.15, 0.2) is 0 Å². The fraction of sp³-hybridized carbons (Fsp3) is 0.500. The van der Waals surface area contributed by atoms with E-state index in [1.54, 1.807) is 6.07 Å². The van der Waals surface area contributed by atoms with Crippen LogP contribution in [0, 0.1) is 0 Å². The third-order valence-electron chi connectivity index (χ3n) is 4.20. The summed E-state index contributed by atoms with van der Waals surface area (Å²) in [5.41, 5.74) is 0.680. The Morgan fingerprint density at radius 2 is 2.05 bits per heavy atom. The molecule has 0 radical (unpaired) electrons. The second-order valence-electron chi connectivity index (χ2n) is 5.69. The van der Waals surface area contributed by atoms with E-state index in [-0.39, 0.29) is 16.4 Å². The van der Waals surface area contributed by atoms with Crippen molar-refractivity contribution in [3.8, 4) is 0 Å². The first-order valence-electron chi connectivity index (χ1n) is 7.44. The Morgan fingerprint density at radius 1 is 1.33 bits per heavy atom. The summed E-state index contributed by atoms with van der Waals surface area (Å²) in [6.07, 6.45) is 5.70. The molecule has 1 aliphatic rings. The van der Waals surface area contributed by atoms with Gasteiger partial charge in [-0.2, -0.15) is 0 Å². The average molecular weight is 370 g/mol. The minimum Gasteiger partial charge on any atom is -0.292 e. The fourth-order valence-electron chi connectivity index (χ4n) is 3.19. The minimum atomic E-state index is -0.00111. The van der Waals surface area contributed by atoms with Gasteiger partial charge in [0.05, 0.1) is 20.8 Å². The molecule has 1 aromatic carbocycles. The average Bonchev–Trinajstić information content (AvgIpc) is 2.47. The van der Waals surface area contributed by atoms with Crippen LogP contribution in [0.15, 0.2) is 23.0 Å². The molecule has 3 nitrogen and oxygen atoms in total. The molecule has 0 spiro atoms. The van der Waals surface area contributed by atoms with E-state index < -0.39 is 0 Å². The van der Waals surface area contributed by atoms with Crippen LogP contribution in [-0.2, 0) is 0 Å². The molecule has 1 unspecified atom stereocenters. The topological polar surface area (TPSA) is 34.9 Å². The Balaban J connectivity index is 2.29. The number of hydrogen-bond donors (Lipinski definition) is 0. The molecule has 0 aliphatic heterocycles. The normalized spacial score (nSPS) is 18.0. The summed E-state index contributed by atoms with van der Waals surface area (Å²) in [7, 11) is 0. The summed E-state index contributed by atoms with van der Waals surface area (Å²) in [6.45, 7) is 2.01. The van der Waals surface area contributed by atoms with Gasteiger partial charge in [-0.3, -0.25) is 9.36 Å². The van der Waals surface area contributed by atoms with Crippen LogP contribution in [0.1, 0.15) is 55.7 Å². The molecule has 1 heterocycles. The van der Waals surface area contributed by atoms with Gasteiger partial charge in [-0.05, 0) is 31.9 Å². The van der Waals surface area contributed by atoms with Crippen LogP contribution in [0.5, 0.6) is 0 Å². The lowest BCUT2D eigenvalue weighted by molar-refractivity contribution is 0.337. The number of hydrogen-bond acceptors (Lipinski definition) is 2. The molecule has 0 N–H and O–H groups in total.